The van der Waals surface area contributed by atoms with Crippen LogP contribution >= 0.6 is 22.9 Å². The molecular weight excluding hydrogens is 342 g/mol. The lowest BCUT2D eigenvalue weighted by Crippen LogP contribution is -2.11. The van der Waals surface area contributed by atoms with Gasteiger partial charge in [0.05, 0.1) is 12.1 Å². The molecule has 0 radical (unpaired) electrons. The summed E-state index contributed by atoms with van der Waals surface area (Å²) in [5.74, 6) is 0.263. The first kappa shape index (κ1) is 16.7. The highest BCUT2D eigenvalue weighted by atomic mass is 35.5. The van der Waals surface area contributed by atoms with E-state index in [2.05, 4.69) is 4.98 Å². The first-order valence-corrected chi connectivity index (χ1v) is 8.75. The maximum Gasteiger partial charge on any atom is 0.317 e. The number of aromatic nitrogens is 1. The minimum absolute atomic E-state index is 0.150. The number of ether oxygens (including phenoxy) is 1. The summed E-state index contributed by atoms with van der Waals surface area (Å²) in [6, 6.07) is 13.2. The van der Waals surface area contributed by atoms with Gasteiger partial charge in [-0.15, -0.1) is 11.3 Å². The van der Waals surface area contributed by atoms with Gasteiger partial charge in [0.15, 0.2) is 0 Å². The van der Waals surface area contributed by atoms with E-state index in [4.69, 9.17) is 16.3 Å². The molecule has 0 N–H and O–H groups in total. The van der Waals surface area contributed by atoms with E-state index in [0.717, 1.165) is 21.7 Å². The summed E-state index contributed by atoms with van der Waals surface area (Å²) in [7, 11) is 0. The summed E-state index contributed by atoms with van der Waals surface area (Å²) in [6.07, 6.45) is 0.150. The summed E-state index contributed by atoms with van der Waals surface area (Å²) in [5, 5.41) is 3.43. The van der Waals surface area contributed by atoms with Crippen molar-refractivity contribution in [1.29, 1.82) is 0 Å². The molecule has 1 heterocycles. The Kier molecular flexibility index (Phi) is 4.97. The van der Waals surface area contributed by atoms with Gasteiger partial charge in [-0.3, -0.25) is 4.79 Å². The summed E-state index contributed by atoms with van der Waals surface area (Å²) < 4.78 is 5.42. The van der Waals surface area contributed by atoms with Crippen LogP contribution in [0.5, 0.6) is 5.75 Å². The van der Waals surface area contributed by atoms with Crippen LogP contribution in [-0.4, -0.2) is 11.0 Å². The van der Waals surface area contributed by atoms with Crippen LogP contribution < -0.4 is 4.74 Å². The van der Waals surface area contributed by atoms with Crippen LogP contribution in [0.25, 0.3) is 10.6 Å². The van der Waals surface area contributed by atoms with Gasteiger partial charge in [-0.05, 0) is 49.2 Å². The molecule has 0 amide bonds. The van der Waals surface area contributed by atoms with Crippen molar-refractivity contribution in [2.75, 3.05) is 0 Å². The van der Waals surface area contributed by atoms with Gasteiger partial charge < -0.3 is 4.74 Å². The Morgan fingerprint density at radius 3 is 2.46 bits per heavy atom. The van der Waals surface area contributed by atoms with Crippen LogP contribution in [0.15, 0.2) is 47.8 Å². The molecule has 3 nitrogen and oxygen atoms in total. The predicted molar refractivity (Wildman–Crippen MR) is 97.8 cm³/mol. The number of thiazole rings is 1. The molecule has 0 aliphatic heterocycles. The molecule has 2 aromatic carbocycles. The largest absolute Gasteiger partial charge is 0.426 e. The number of rotatable bonds is 4. The second kappa shape index (κ2) is 7.16. The van der Waals surface area contributed by atoms with Crippen LogP contribution in [0.3, 0.4) is 0 Å². The number of carbonyl (C=O) groups is 1. The third-order valence-electron chi connectivity index (χ3n) is 3.40. The van der Waals surface area contributed by atoms with Gasteiger partial charge in [0.2, 0.25) is 0 Å². The van der Waals surface area contributed by atoms with Crippen molar-refractivity contribution in [1.82, 2.24) is 4.98 Å². The summed E-state index contributed by atoms with van der Waals surface area (Å²) in [4.78, 5) is 16.6. The maximum atomic E-state index is 12.1. The average Bonchev–Trinajstić information content (AvgIpc) is 2.95. The molecule has 3 rings (SSSR count). The first-order valence-electron chi connectivity index (χ1n) is 7.49. The van der Waals surface area contributed by atoms with Crippen molar-refractivity contribution < 1.29 is 9.53 Å². The first-order chi connectivity index (χ1) is 11.5. The van der Waals surface area contributed by atoms with E-state index in [1.165, 1.54) is 11.3 Å². The van der Waals surface area contributed by atoms with E-state index in [-0.39, 0.29) is 12.4 Å². The molecule has 0 fully saturated rings. The monoisotopic (exact) mass is 357 g/mol. The quantitative estimate of drug-likeness (QED) is 0.474. The molecule has 1 aromatic heterocycles. The van der Waals surface area contributed by atoms with E-state index in [9.17, 15) is 4.79 Å². The Morgan fingerprint density at radius 2 is 1.79 bits per heavy atom. The lowest BCUT2D eigenvalue weighted by atomic mass is 10.1. The molecule has 0 spiro atoms. The Labute approximate surface area is 149 Å². The zero-order valence-electron chi connectivity index (χ0n) is 13.4. The number of carbonyl (C=O) groups excluding carboxylic acids is 1. The van der Waals surface area contributed by atoms with Crippen molar-refractivity contribution in [3.8, 4) is 16.3 Å². The highest BCUT2D eigenvalue weighted by molar-refractivity contribution is 7.13. The second-order valence-corrected chi connectivity index (χ2v) is 6.92. The van der Waals surface area contributed by atoms with Crippen molar-refractivity contribution in [2.24, 2.45) is 0 Å². The van der Waals surface area contributed by atoms with E-state index < -0.39 is 0 Å². The molecule has 3 aromatic rings. The average molecular weight is 358 g/mol. The number of nitrogens with zero attached hydrogens (tertiary/aromatic N) is 1. The molecule has 0 aliphatic rings. The van der Waals surface area contributed by atoms with E-state index >= 15 is 0 Å². The van der Waals surface area contributed by atoms with E-state index in [0.29, 0.717) is 16.5 Å². The summed E-state index contributed by atoms with van der Waals surface area (Å²) in [6.45, 7) is 3.95. The number of hydrogen-bond donors (Lipinski definition) is 0. The number of esters is 1. The maximum absolute atomic E-state index is 12.1. The standard InChI is InChI=1S/C19H16ClNO2S/c1-12-7-13(2)9-17(8-12)23-18(22)10-16-11-24-19(21-16)14-3-5-15(20)6-4-14/h3-9,11H,10H2,1-2H3. The fraction of sp³-hybridized carbons (Fsp3) is 0.158. The van der Waals surface area contributed by atoms with Crippen LogP contribution in [0.1, 0.15) is 16.8 Å². The fourth-order valence-corrected chi connectivity index (χ4v) is 3.37. The SMILES string of the molecule is Cc1cc(C)cc(OC(=O)Cc2csc(-c3ccc(Cl)cc3)n2)c1. The van der Waals surface area contributed by atoms with Crippen molar-refractivity contribution >= 4 is 28.9 Å². The lowest BCUT2D eigenvalue weighted by Gasteiger charge is -2.05. The number of halogens is 1. The smallest absolute Gasteiger partial charge is 0.317 e. The van der Waals surface area contributed by atoms with Crippen LogP contribution in [0.2, 0.25) is 5.02 Å². The predicted octanol–water partition coefficient (Wildman–Crippen LogP) is 5.23. The van der Waals surface area contributed by atoms with Crippen molar-refractivity contribution in [2.45, 2.75) is 20.3 Å². The zero-order chi connectivity index (χ0) is 17.1. The molecule has 122 valence electrons. The van der Waals surface area contributed by atoms with Gasteiger partial charge in [0.25, 0.3) is 0 Å². The van der Waals surface area contributed by atoms with Gasteiger partial charge in [-0.2, -0.15) is 0 Å². The van der Waals surface area contributed by atoms with Crippen molar-refractivity contribution in [3.05, 3.63) is 69.7 Å². The van der Waals surface area contributed by atoms with Crippen molar-refractivity contribution in [3.63, 3.8) is 0 Å². The molecular formula is C19H16ClNO2S. The highest BCUT2D eigenvalue weighted by Crippen LogP contribution is 2.25. The number of benzene rings is 2. The molecule has 0 saturated carbocycles. The summed E-state index contributed by atoms with van der Waals surface area (Å²) in [5.41, 5.74) is 3.82. The van der Waals surface area contributed by atoms with Gasteiger partial charge >= 0.3 is 5.97 Å². The second-order valence-electron chi connectivity index (χ2n) is 5.63. The fourth-order valence-electron chi connectivity index (χ4n) is 2.42. The Morgan fingerprint density at radius 1 is 1.12 bits per heavy atom. The molecule has 0 bridgehead atoms. The number of aryl methyl sites for hydroxylation is 2. The van der Waals surface area contributed by atoms with Crippen LogP contribution in [0.4, 0.5) is 0 Å². The van der Waals surface area contributed by atoms with Gasteiger partial charge in [-0.1, -0.05) is 29.8 Å². The Balaban J connectivity index is 1.68. The molecule has 0 saturated heterocycles. The minimum atomic E-state index is -0.312. The van der Waals surface area contributed by atoms with Crippen LogP contribution in [-0.2, 0) is 11.2 Å². The van der Waals surface area contributed by atoms with Gasteiger partial charge in [-0.25, -0.2) is 4.98 Å². The molecule has 5 heteroatoms. The van der Waals surface area contributed by atoms with Crippen LogP contribution in [0, 0.1) is 13.8 Å². The third kappa shape index (κ3) is 4.22. The van der Waals surface area contributed by atoms with E-state index in [1.54, 1.807) is 0 Å². The Bertz CT molecular complexity index is 851. The van der Waals surface area contributed by atoms with Gasteiger partial charge in [0.1, 0.15) is 10.8 Å². The highest BCUT2D eigenvalue weighted by Gasteiger charge is 2.11. The van der Waals surface area contributed by atoms with E-state index in [1.807, 2.05) is 61.7 Å². The number of hydrogen-bond acceptors (Lipinski definition) is 4. The topological polar surface area (TPSA) is 39.2 Å². The molecule has 0 aliphatic carbocycles. The third-order valence-corrected chi connectivity index (χ3v) is 4.59. The Hall–Kier alpha value is -2.17. The normalized spacial score (nSPS) is 10.6. The zero-order valence-corrected chi connectivity index (χ0v) is 14.9. The van der Waals surface area contributed by atoms with Gasteiger partial charge in [0, 0.05) is 16.0 Å². The molecule has 0 atom stereocenters. The molecule has 24 heavy (non-hydrogen) atoms. The molecule has 0 unspecified atom stereocenters. The summed E-state index contributed by atoms with van der Waals surface area (Å²) >= 11 is 7.39. The lowest BCUT2D eigenvalue weighted by molar-refractivity contribution is -0.133. The minimum Gasteiger partial charge on any atom is -0.426 e.